The number of nitrogens with two attached hydrogens (primary N) is 1. The Morgan fingerprint density at radius 1 is 1.35 bits per heavy atom. The second kappa shape index (κ2) is 4.91. The van der Waals surface area contributed by atoms with Crippen LogP contribution in [0, 0.1) is 6.92 Å². The second-order valence-electron chi connectivity index (χ2n) is 4.20. The predicted octanol–water partition coefficient (Wildman–Crippen LogP) is 1.97. The van der Waals surface area contributed by atoms with Crippen LogP contribution in [0.25, 0.3) is 0 Å². The average molecular weight is 230 g/mol. The second-order valence-corrected chi connectivity index (χ2v) is 4.20. The SMILES string of the molecule is Cc1ccc(N)cc1NCCc1ccnn1C. The summed E-state index contributed by atoms with van der Waals surface area (Å²) in [4.78, 5) is 0. The maximum absolute atomic E-state index is 5.76. The molecule has 17 heavy (non-hydrogen) atoms. The molecule has 2 rings (SSSR count). The van der Waals surface area contributed by atoms with E-state index >= 15 is 0 Å². The molecule has 4 heteroatoms. The summed E-state index contributed by atoms with van der Waals surface area (Å²) in [7, 11) is 1.96. The summed E-state index contributed by atoms with van der Waals surface area (Å²) in [6.07, 6.45) is 2.77. The fourth-order valence-corrected chi connectivity index (χ4v) is 1.80. The van der Waals surface area contributed by atoms with Crippen molar-refractivity contribution in [1.82, 2.24) is 9.78 Å². The maximum Gasteiger partial charge on any atom is 0.0492 e. The number of nitrogens with zero attached hydrogens (tertiary/aromatic N) is 2. The molecule has 0 atom stereocenters. The Morgan fingerprint density at radius 2 is 2.18 bits per heavy atom. The number of aromatic nitrogens is 2. The lowest BCUT2D eigenvalue weighted by atomic mass is 10.2. The minimum absolute atomic E-state index is 0.790. The van der Waals surface area contributed by atoms with Gasteiger partial charge in [0.05, 0.1) is 0 Å². The first-order valence-electron chi connectivity index (χ1n) is 5.73. The van der Waals surface area contributed by atoms with Crippen molar-refractivity contribution in [1.29, 1.82) is 0 Å². The molecule has 0 aliphatic heterocycles. The Balaban J connectivity index is 1.94. The zero-order valence-corrected chi connectivity index (χ0v) is 10.3. The van der Waals surface area contributed by atoms with Gasteiger partial charge in [-0.3, -0.25) is 4.68 Å². The lowest BCUT2D eigenvalue weighted by molar-refractivity contribution is 0.711. The van der Waals surface area contributed by atoms with Crippen LogP contribution >= 0.6 is 0 Å². The van der Waals surface area contributed by atoms with E-state index < -0.39 is 0 Å². The number of benzene rings is 1. The van der Waals surface area contributed by atoms with Gasteiger partial charge in [-0.1, -0.05) is 6.07 Å². The minimum atomic E-state index is 0.790. The monoisotopic (exact) mass is 230 g/mol. The van der Waals surface area contributed by atoms with E-state index in [4.69, 9.17) is 5.73 Å². The molecule has 0 saturated heterocycles. The van der Waals surface area contributed by atoms with Crippen LogP contribution in [-0.4, -0.2) is 16.3 Å². The Labute approximate surface area is 101 Å². The predicted molar refractivity (Wildman–Crippen MR) is 71.0 cm³/mol. The molecule has 2 aromatic rings. The molecule has 0 aliphatic rings. The zero-order chi connectivity index (χ0) is 12.3. The Kier molecular flexibility index (Phi) is 3.32. The number of aryl methyl sites for hydroxylation is 2. The van der Waals surface area contributed by atoms with Gasteiger partial charge in [-0.05, 0) is 30.7 Å². The lowest BCUT2D eigenvalue weighted by Crippen LogP contribution is -2.09. The number of rotatable bonds is 4. The summed E-state index contributed by atoms with van der Waals surface area (Å²) < 4.78 is 1.90. The molecule has 1 aromatic carbocycles. The van der Waals surface area contributed by atoms with Crippen LogP contribution in [0.2, 0.25) is 0 Å². The van der Waals surface area contributed by atoms with Gasteiger partial charge in [0.25, 0.3) is 0 Å². The number of hydrogen-bond donors (Lipinski definition) is 2. The summed E-state index contributed by atoms with van der Waals surface area (Å²) in [6.45, 7) is 2.95. The van der Waals surface area contributed by atoms with Gasteiger partial charge in [0.2, 0.25) is 0 Å². The van der Waals surface area contributed by atoms with Gasteiger partial charge >= 0.3 is 0 Å². The van der Waals surface area contributed by atoms with Crippen LogP contribution in [0.4, 0.5) is 11.4 Å². The first-order valence-corrected chi connectivity index (χ1v) is 5.73. The van der Waals surface area contributed by atoms with E-state index in [2.05, 4.69) is 17.3 Å². The van der Waals surface area contributed by atoms with E-state index in [1.165, 1.54) is 11.3 Å². The quantitative estimate of drug-likeness (QED) is 0.789. The van der Waals surface area contributed by atoms with E-state index in [9.17, 15) is 0 Å². The van der Waals surface area contributed by atoms with Crippen molar-refractivity contribution in [2.24, 2.45) is 7.05 Å². The van der Waals surface area contributed by atoms with Gasteiger partial charge in [0.1, 0.15) is 0 Å². The lowest BCUT2D eigenvalue weighted by Gasteiger charge is -2.10. The Hall–Kier alpha value is -1.97. The van der Waals surface area contributed by atoms with E-state index in [0.717, 1.165) is 24.3 Å². The molecular weight excluding hydrogens is 212 g/mol. The third-order valence-corrected chi connectivity index (χ3v) is 2.88. The van der Waals surface area contributed by atoms with E-state index in [1.807, 2.05) is 42.2 Å². The van der Waals surface area contributed by atoms with Gasteiger partial charge in [-0.2, -0.15) is 5.10 Å². The molecule has 0 aliphatic carbocycles. The summed E-state index contributed by atoms with van der Waals surface area (Å²) in [5, 5.41) is 7.54. The molecule has 90 valence electrons. The summed E-state index contributed by atoms with van der Waals surface area (Å²) in [5.74, 6) is 0. The summed E-state index contributed by atoms with van der Waals surface area (Å²) in [6, 6.07) is 7.95. The molecular formula is C13H18N4. The molecule has 0 fully saturated rings. The van der Waals surface area contributed by atoms with Crippen LogP contribution < -0.4 is 11.1 Å². The smallest absolute Gasteiger partial charge is 0.0492 e. The van der Waals surface area contributed by atoms with Gasteiger partial charge < -0.3 is 11.1 Å². The third-order valence-electron chi connectivity index (χ3n) is 2.88. The van der Waals surface area contributed by atoms with E-state index in [0.29, 0.717) is 0 Å². The van der Waals surface area contributed by atoms with Gasteiger partial charge in [-0.25, -0.2) is 0 Å². The molecule has 0 amide bonds. The van der Waals surface area contributed by atoms with Crippen molar-refractivity contribution in [3.8, 4) is 0 Å². The fraction of sp³-hybridized carbons (Fsp3) is 0.308. The molecule has 0 bridgehead atoms. The molecule has 3 N–H and O–H groups in total. The van der Waals surface area contributed by atoms with Gasteiger partial charge in [-0.15, -0.1) is 0 Å². The topological polar surface area (TPSA) is 55.9 Å². The molecule has 0 radical (unpaired) electrons. The van der Waals surface area contributed by atoms with Crippen LogP contribution in [0.5, 0.6) is 0 Å². The van der Waals surface area contributed by atoms with Crippen molar-refractivity contribution >= 4 is 11.4 Å². The van der Waals surface area contributed by atoms with Crippen molar-refractivity contribution in [2.75, 3.05) is 17.6 Å². The third kappa shape index (κ3) is 2.78. The van der Waals surface area contributed by atoms with Crippen LogP contribution in [0.3, 0.4) is 0 Å². The highest BCUT2D eigenvalue weighted by molar-refractivity contribution is 5.59. The normalized spacial score (nSPS) is 10.5. The highest BCUT2D eigenvalue weighted by Crippen LogP contribution is 2.17. The number of anilines is 2. The van der Waals surface area contributed by atoms with Crippen molar-refractivity contribution in [3.63, 3.8) is 0 Å². The number of nitrogen functional groups attached to an aromatic ring is 1. The molecule has 1 heterocycles. The first kappa shape index (κ1) is 11.5. The van der Waals surface area contributed by atoms with Gasteiger partial charge in [0, 0.05) is 43.3 Å². The van der Waals surface area contributed by atoms with Gasteiger partial charge in [0.15, 0.2) is 0 Å². The van der Waals surface area contributed by atoms with Crippen LogP contribution in [-0.2, 0) is 13.5 Å². The Bertz CT molecular complexity index is 502. The van der Waals surface area contributed by atoms with Crippen molar-refractivity contribution in [2.45, 2.75) is 13.3 Å². The molecule has 0 spiro atoms. The maximum atomic E-state index is 5.76. The van der Waals surface area contributed by atoms with Crippen molar-refractivity contribution in [3.05, 3.63) is 41.7 Å². The zero-order valence-electron chi connectivity index (χ0n) is 10.3. The number of nitrogens with one attached hydrogen (secondary N) is 1. The first-order chi connectivity index (χ1) is 8.16. The fourth-order valence-electron chi connectivity index (χ4n) is 1.80. The molecule has 4 nitrogen and oxygen atoms in total. The van der Waals surface area contributed by atoms with Crippen LogP contribution in [0.15, 0.2) is 30.5 Å². The molecule has 0 unspecified atom stereocenters. The van der Waals surface area contributed by atoms with E-state index in [1.54, 1.807) is 0 Å². The van der Waals surface area contributed by atoms with Crippen molar-refractivity contribution < 1.29 is 0 Å². The van der Waals surface area contributed by atoms with E-state index in [-0.39, 0.29) is 0 Å². The molecule has 1 aromatic heterocycles. The number of hydrogen-bond acceptors (Lipinski definition) is 3. The average Bonchev–Trinajstić information content (AvgIpc) is 2.70. The highest BCUT2D eigenvalue weighted by atomic mass is 15.3. The summed E-state index contributed by atoms with van der Waals surface area (Å²) >= 11 is 0. The Morgan fingerprint density at radius 3 is 2.88 bits per heavy atom. The largest absolute Gasteiger partial charge is 0.399 e. The highest BCUT2D eigenvalue weighted by Gasteiger charge is 2.00. The minimum Gasteiger partial charge on any atom is -0.399 e. The standard InChI is InChI=1S/C13H18N4/c1-10-3-4-11(14)9-13(10)15-7-5-12-6-8-16-17(12)2/h3-4,6,8-9,15H,5,7,14H2,1-2H3. The summed E-state index contributed by atoms with van der Waals surface area (Å²) in [5.41, 5.74) is 10.1. The van der Waals surface area contributed by atoms with Crippen LogP contribution in [0.1, 0.15) is 11.3 Å². The molecule has 0 saturated carbocycles.